The molecule has 140 valence electrons. The molecule has 1 N–H and O–H groups in total. The third-order valence-corrected chi connectivity index (χ3v) is 3.89. The molecule has 2 aromatic carbocycles. The van der Waals surface area contributed by atoms with E-state index in [1.165, 1.54) is 12.1 Å². The number of rotatable bonds is 7. The minimum absolute atomic E-state index is 0.0813. The zero-order valence-corrected chi connectivity index (χ0v) is 14.7. The Balaban J connectivity index is 1.89. The van der Waals surface area contributed by atoms with Crippen LogP contribution in [0.5, 0.6) is 17.4 Å². The van der Waals surface area contributed by atoms with Crippen molar-refractivity contribution in [3.8, 4) is 17.4 Å². The molecule has 6 heteroatoms. The van der Waals surface area contributed by atoms with Gasteiger partial charge in [0.1, 0.15) is 17.6 Å². The zero-order valence-electron chi connectivity index (χ0n) is 14.7. The molecule has 1 unspecified atom stereocenters. The number of aliphatic hydroxyl groups is 1. The Morgan fingerprint density at radius 3 is 2.41 bits per heavy atom. The monoisotopic (exact) mass is 371 g/mol. The van der Waals surface area contributed by atoms with Gasteiger partial charge in [0.25, 0.3) is 6.43 Å². The van der Waals surface area contributed by atoms with Crippen molar-refractivity contribution >= 4 is 0 Å². The van der Waals surface area contributed by atoms with E-state index in [0.717, 1.165) is 0 Å². The number of aliphatic hydroxyl groups excluding tert-OH is 1. The lowest BCUT2D eigenvalue weighted by Gasteiger charge is -2.17. The Morgan fingerprint density at radius 1 is 0.926 bits per heavy atom. The average molecular weight is 371 g/mol. The summed E-state index contributed by atoms with van der Waals surface area (Å²) in [4.78, 5) is 4.26. The van der Waals surface area contributed by atoms with Crippen molar-refractivity contribution in [1.29, 1.82) is 0 Å². The molecule has 3 rings (SSSR count). The highest BCUT2D eigenvalue weighted by Crippen LogP contribution is 2.34. The van der Waals surface area contributed by atoms with Gasteiger partial charge in [-0.3, -0.25) is 0 Å². The maximum absolute atomic E-state index is 13.5. The van der Waals surface area contributed by atoms with Crippen LogP contribution in [0.15, 0.2) is 66.7 Å². The number of pyridine rings is 1. The van der Waals surface area contributed by atoms with Crippen LogP contribution in [-0.2, 0) is 0 Å². The first kappa shape index (κ1) is 18.8. The van der Waals surface area contributed by atoms with Gasteiger partial charge in [-0.15, -0.1) is 0 Å². The highest BCUT2D eigenvalue weighted by molar-refractivity contribution is 5.41. The standard InChI is InChI=1S/C21H19F2NO3/c1-2-26-15-11-12-16(17(13-15)21(22)23)20(25)18-9-6-10-19(24-18)27-14-7-4-3-5-8-14/h3-13,20-21,25H,2H2,1H3. The fraction of sp³-hybridized carbons (Fsp3) is 0.190. The third kappa shape index (κ3) is 4.60. The molecule has 0 saturated carbocycles. The van der Waals surface area contributed by atoms with Crippen molar-refractivity contribution in [3.05, 3.63) is 83.6 Å². The van der Waals surface area contributed by atoms with E-state index in [-0.39, 0.29) is 22.7 Å². The predicted octanol–water partition coefficient (Wildman–Crippen LogP) is 5.29. The molecule has 0 saturated heterocycles. The summed E-state index contributed by atoms with van der Waals surface area (Å²) in [5.74, 6) is 1.19. The molecular weight excluding hydrogens is 352 g/mol. The van der Waals surface area contributed by atoms with E-state index in [0.29, 0.717) is 18.1 Å². The van der Waals surface area contributed by atoms with Gasteiger partial charge < -0.3 is 14.6 Å². The Labute approximate surface area is 156 Å². The molecule has 0 amide bonds. The smallest absolute Gasteiger partial charge is 0.264 e. The van der Waals surface area contributed by atoms with Crippen LogP contribution in [0, 0.1) is 0 Å². The summed E-state index contributed by atoms with van der Waals surface area (Å²) in [6.45, 7) is 2.14. The van der Waals surface area contributed by atoms with E-state index in [4.69, 9.17) is 9.47 Å². The molecule has 0 fully saturated rings. The molecule has 1 atom stereocenters. The topological polar surface area (TPSA) is 51.6 Å². The summed E-state index contributed by atoms with van der Waals surface area (Å²) in [5, 5.41) is 10.6. The van der Waals surface area contributed by atoms with Crippen molar-refractivity contribution < 1.29 is 23.4 Å². The van der Waals surface area contributed by atoms with Gasteiger partial charge in [0.15, 0.2) is 0 Å². The molecule has 0 radical (unpaired) electrons. The molecule has 0 aliphatic rings. The summed E-state index contributed by atoms with van der Waals surface area (Å²) in [5.41, 5.74) is 0.0111. The number of nitrogens with zero attached hydrogens (tertiary/aromatic N) is 1. The third-order valence-electron chi connectivity index (χ3n) is 3.89. The lowest BCUT2D eigenvalue weighted by Crippen LogP contribution is -2.07. The number of hydrogen-bond donors (Lipinski definition) is 1. The van der Waals surface area contributed by atoms with Crippen LogP contribution in [0.1, 0.15) is 36.3 Å². The highest BCUT2D eigenvalue weighted by Gasteiger charge is 2.22. The van der Waals surface area contributed by atoms with Crippen molar-refractivity contribution in [2.75, 3.05) is 6.61 Å². The maximum atomic E-state index is 13.5. The number of aromatic nitrogens is 1. The lowest BCUT2D eigenvalue weighted by atomic mass is 9.99. The fourth-order valence-electron chi connectivity index (χ4n) is 2.66. The minimum atomic E-state index is -2.75. The van der Waals surface area contributed by atoms with Crippen LogP contribution < -0.4 is 9.47 Å². The van der Waals surface area contributed by atoms with Crippen LogP contribution in [-0.4, -0.2) is 16.7 Å². The van der Waals surface area contributed by atoms with Gasteiger partial charge in [-0.05, 0) is 42.8 Å². The molecule has 1 aromatic heterocycles. The molecule has 1 heterocycles. The van der Waals surface area contributed by atoms with Crippen LogP contribution >= 0.6 is 0 Å². The van der Waals surface area contributed by atoms with Gasteiger partial charge in [-0.2, -0.15) is 0 Å². The number of ether oxygens (including phenoxy) is 2. The van der Waals surface area contributed by atoms with Gasteiger partial charge >= 0.3 is 0 Å². The molecule has 0 spiro atoms. The van der Waals surface area contributed by atoms with Crippen molar-refractivity contribution in [2.45, 2.75) is 19.5 Å². The Morgan fingerprint density at radius 2 is 1.70 bits per heavy atom. The quantitative estimate of drug-likeness (QED) is 0.613. The van der Waals surface area contributed by atoms with Crippen LogP contribution in [0.2, 0.25) is 0 Å². The first-order valence-electron chi connectivity index (χ1n) is 8.51. The summed E-state index contributed by atoms with van der Waals surface area (Å²) in [6, 6.07) is 18.1. The molecular formula is C21H19F2NO3. The largest absolute Gasteiger partial charge is 0.494 e. The number of halogens is 2. The molecule has 0 aliphatic heterocycles. The Kier molecular flexibility index (Phi) is 5.98. The summed E-state index contributed by atoms with van der Waals surface area (Å²) >= 11 is 0. The van der Waals surface area contributed by atoms with E-state index in [1.807, 2.05) is 18.2 Å². The van der Waals surface area contributed by atoms with Gasteiger partial charge in [-0.1, -0.05) is 30.3 Å². The SMILES string of the molecule is CCOc1ccc(C(O)c2cccc(Oc3ccccc3)n2)c(C(F)F)c1. The average Bonchev–Trinajstić information content (AvgIpc) is 2.68. The molecule has 3 aromatic rings. The fourth-order valence-corrected chi connectivity index (χ4v) is 2.66. The first-order valence-corrected chi connectivity index (χ1v) is 8.51. The second-order valence-electron chi connectivity index (χ2n) is 5.74. The van der Waals surface area contributed by atoms with E-state index in [9.17, 15) is 13.9 Å². The number of alkyl halides is 2. The number of para-hydroxylation sites is 1. The first-order chi connectivity index (χ1) is 13.1. The second-order valence-corrected chi connectivity index (χ2v) is 5.74. The van der Waals surface area contributed by atoms with Gasteiger partial charge in [0.05, 0.1) is 12.3 Å². The molecule has 0 aliphatic carbocycles. The number of benzene rings is 2. The lowest BCUT2D eigenvalue weighted by molar-refractivity contribution is 0.142. The van der Waals surface area contributed by atoms with Gasteiger partial charge in [-0.25, -0.2) is 13.8 Å². The maximum Gasteiger partial charge on any atom is 0.264 e. The summed E-state index contributed by atoms with van der Waals surface area (Å²) in [7, 11) is 0. The second kappa shape index (κ2) is 8.60. The number of hydrogen-bond acceptors (Lipinski definition) is 4. The van der Waals surface area contributed by atoms with Crippen molar-refractivity contribution in [1.82, 2.24) is 4.98 Å². The molecule has 27 heavy (non-hydrogen) atoms. The van der Waals surface area contributed by atoms with E-state index in [1.54, 1.807) is 43.3 Å². The molecule has 0 bridgehead atoms. The van der Waals surface area contributed by atoms with Crippen LogP contribution in [0.25, 0.3) is 0 Å². The summed E-state index contributed by atoms with van der Waals surface area (Å²) < 4.78 is 37.9. The van der Waals surface area contributed by atoms with Gasteiger partial charge in [0, 0.05) is 11.6 Å². The zero-order chi connectivity index (χ0) is 19.2. The van der Waals surface area contributed by atoms with Gasteiger partial charge in [0.2, 0.25) is 5.88 Å². The van der Waals surface area contributed by atoms with Crippen molar-refractivity contribution in [2.24, 2.45) is 0 Å². The predicted molar refractivity (Wildman–Crippen MR) is 97.4 cm³/mol. The van der Waals surface area contributed by atoms with Crippen molar-refractivity contribution in [3.63, 3.8) is 0 Å². The van der Waals surface area contributed by atoms with E-state index >= 15 is 0 Å². The minimum Gasteiger partial charge on any atom is -0.494 e. The normalized spacial score (nSPS) is 12.0. The Hall–Kier alpha value is -2.99. The highest BCUT2D eigenvalue weighted by atomic mass is 19.3. The molecule has 4 nitrogen and oxygen atoms in total. The van der Waals surface area contributed by atoms with E-state index < -0.39 is 12.5 Å². The van der Waals surface area contributed by atoms with Crippen LogP contribution in [0.3, 0.4) is 0 Å². The summed E-state index contributed by atoms with van der Waals surface area (Å²) in [6.07, 6.45) is -4.07. The Bertz CT molecular complexity index is 888. The van der Waals surface area contributed by atoms with E-state index in [2.05, 4.69) is 4.98 Å². The van der Waals surface area contributed by atoms with Crippen LogP contribution in [0.4, 0.5) is 8.78 Å².